The highest BCUT2D eigenvalue weighted by molar-refractivity contribution is 5.93. The van der Waals surface area contributed by atoms with E-state index in [1.54, 1.807) is 38.1 Å². The summed E-state index contributed by atoms with van der Waals surface area (Å²) in [6, 6.07) is 6.78. The third kappa shape index (κ3) is 5.83. The third-order valence-electron chi connectivity index (χ3n) is 6.62. The molecule has 0 amide bonds. The second kappa shape index (κ2) is 11.6. The molecule has 1 aliphatic rings. The molecule has 0 saturated carbocycles. The van der Waals surface area contributed by atoms with Crippen LogP contribution >= 0.6 is 0 Å². The second-order valence-corrected chi connectivity index (χ2v) is 10.1. The van der Waals surface area contributed by atoms with Crippen molar-refractivity contribution in [2.75, 3.05) is 0 Å². The fourth-order valence-corrected chi connectivity index (χ4v) is 4.17. The Labute approximate surface area is 235 Å². The molecule has 3 rings (SSSR count). The molecule has 0 saturated heterocycles. The zero-order valence-corrected chi connectivity index (χ0v) is 23.9. The van der Waals surface area contributed by atoms with Gasteiger partial charge in [-0.15, -0.1) is 0 Å². The van der Waals surface area contributed by atoms with Crippen molar-refractivity contribution in [3.05, 3.63) is 96.3 Å². The van der Waals surface area contributed by atoms with E-state index in [1.807, 2.05) is 13.8 Å². The van der Waals surface area contributed by atoms with Crippen LogP contribution in [0.2, 0.25) is 0 Å². The Hall–Kier alpha value is -4.65. The molecule has 0 aromatic heterocycles. The number of fused-ring (bicyclic) bond motifs is 3. The third-order valence-corrected chi connectivity index (χ3v) is 6.62. The highest BCUT2D eigenvalue weighted by Gasteiger charge is 2.37. The Morgan fingerprint density at radius 1 is 0.550 bits per heavy atom. The highest BCUT2D eigenvalue weighted by atomic mass is 16.6. The van der Waals surface area contributed by atoms with E-state index in [1.165, 1.54) is 13.8 Å². The summed E-state index contributed by atoms with van der Waals surface area (Å²) in [7, 11) is 0. The lowest BCUT2D eigenvalue weighted by Crippen LogP contribution is -2.20. The lowest BCUT2D eigenvalue weighted by molar-refractivity contribution is -0.132. The maximum Gasteiger partial charge on any atom is 0.338 e. The van der Waals surface area contributed by atoms with Gasteiger partial charge in [-0.3, -0.25) is 0 Å². The molecule has 0 aliphatic heterocycles. The average molecular weight is 543 g/mol. The maximum atomic E-state index is 12.7. The van der Waals surface area contributed by atoms with Gasteiger partial charge in [0.15, 0.2) is 23.0 Å². The molecule has 0 spiro atoms. The molecular formula is C33H34O7. The summed E-state index contributed by atoms with van der Waals surface area (Å²) in [5.41, 5.74) is 4.12. The van der Waals surface area contributed by atoms with Crippen molar-refractivity contribution < 1.29 is 33.3 Å². The molecule has 2 aromatic carbocycles. The van der Waals surface area contributed by atoms with E-state index < -0.39 is 17.9 Å². The summed E-state index contributed by atoms with van der Waals surface area (Å²) in [4.78, 5) is 37.5. The fourth-order valence-electron chi connectivity index (χ4n) is 4.17. The molecule has 208 valence electrons. The monoisotopic (exact) mass is 542 g/mol. The molecule has 2 atom stereocenters. The Balaban J connectivity index is 2.34. The maximum absolute atomic E-state index is 12.7. The smallest absolute Gasteiger partial charge is 0.338 e. The minimum absolute atomic E-state index is 0.0861. The number of carbonyl (C=O) groups excluding carboxylic acids is 3. The predicted octanol–water partition coefficient (Wildman–Crippen LogP) is 7.49. The Bertz CT molecular complexity index is 1390. The Morgan fingerprint density at radius 3 is 1.25 bits per heavy atom. The van der Waals surface area contributed by atoms with Gasteiger partial charge in [0.05, 0.1) is 0 Å². The molecule has 1 aliphatic carbocycles. The lowest BCUT2D eigenvalue weighted by Gasteiger charge is -2.34. The van der Waals surface area contributed by atoms with Gasteiger partial charge in [-0.1, -0.05) is 58.9 Å². The quantitative estimate of drug-likeness (QED) is 0.107. The van der Waals surface area contributed by atoms with Gasteiger partial charge in [-0.2, -0.15) is 0 Å². The molecule has 7 heteroatoms. The van der Waals surface area contributed by atoms with Crippen LogP contribution in [-0.4, -0.2) is 17.9 Å². The van der Waals surface area contributed by atoms with Crippen molar-refractivity contribution in [3.63, 3.8) is 0 Å². The van der Waals surface area contributed by atoms with Crippen LogP contribution < -0.4 is 18.9 Å². The van der Waals surface area contributed by atoms with Crippen molar-refractivity contribution in [1.29, 1.82) is 0 Å². The van der Waals surface area contributed by atoms with Crippen LogP contribution in [0.1, 0.15) is 64.5 Å². The molecule has 2 aromatic rings. The van der Waals surface area contributed by atoms with Gasteiger partial charge in [0.1, 0.15) is 5.76 Å². The largest absolute Gasteiger partial charge is 0.453 e. The van der Waals surface area contributed by atoms with Crippen LogP contribution in [0.25, 0.3) is 11.1 Å². The SMILES string of the molecule is C=C(C)C(=C)Oc1c(OC(=O)C(=C)C)ccc2c1C(C)C(C)c1c-2ccc(OC(=O)C(=C)C)c1OC(=O)C(=C)C. The van der Waals surface area contributed by atoms with Gasteiger partial charge in [0.25, 0.3) is 0 Å². The number of hydrogen-bond donors (Lipinski definition) is 0. The first kappa shape index (κ1) is 29.9. The average Bonchev–Trinajstić information content (AvgIpc) is 2.88. The summed E-state index contributed by atoms with van der Waals surface area (Å²) < 4.78 is 23.1. The number of esters is 3. The molecule has 0 N–H and O–H groups in total. The normalized spacial score (nSPS) is 15.1. The topological polar surface area (TPSA) is 88.1 Å². The standard InChI is InChI=1S/C33H34O7/c1-16(2)22(11)37-29-25(38-31(34)17(3)4)14-12-23-24-13-15-26(39-32(35)18(5)6)30(40-33(36)19(7)8)28(24)21(10)20(9)27(23)29/h12-15,20-21H,1,3,5,7,11H2,2,4,6,8-10H3. The lowest BCUT2D eigenvalue weighted by atomic mass is 9.72. The number of benzene rings is 2. The van der Waals surface area contributed by atoms with Crippen molar-refractivity contribution in [3.8, 4) is 34.1 Å². The van der Waals surface area contributed by atoms with Gasteiger partial charge >= 0.3 is 17.9 Å². The first-order valence-electron chi connectivity index (χ1n) is 12.6. The zero-order valence-electron chi connectivity index (χ0n) is 23.9. The summed E-state index contributed by atoms with van der Waals surface area (Å²) >= 11 is 0. The molecule has 0 bridgehead atoms. The molecule has 40 heavy (non-hydrogen) atoms. The van der Waals surface area contributed by atoms with Crippen LogP contribution in [0, 0.1) is 0 Å². The first-order chi connectivity index (χ1) is 18.6. The molecular weight excluding hydrogens is 508 g/mol. The number of rotatable bonds is 9. The summed E-state index contributed by atoms with van der Waals surface area (Å²) in [5, 5.41) is 0. The first-order valence-corrected chi connectivity index (χ1v) is 12.6. The number of hydrogen-bond acceptors (Lipinski definition) is 7. The molecule has 0 heterocycles. The summed E-state index contributed by atoms with van der Waals surface area (Å²) in [6.45, 7) is 29.1. The summed E-state index contributed by atoms with van der Waals surface area (Å²) in [6.07, 6.45) is 0. The highest BCUT2D eigenvalue weighted by Crippen LogP contribution is 2.56. The van der Waals surface area contributed by atoms with E-state index in [0.29, 0.717) is 22.6 Å². The van der Waals surface area contributed by atoms with Gasteiger partial charge < -0.3 is 18.9 Å². The Morgan fingerprint density at radius 2 is 0.900 bits per heavy atom. The van der Waals surface area contributed by atoms with Crippen molar-refractivity contribution in [1.82, 2.24) is 0 Å². The second-order valence-electron chi connectivity index (χ2n) is 10.1. The van der Waals surface area contributed by atoms with Crippen LogP contribution in [0.5, 0.6) is 23.0 Å². The van der Waals surface area contributed by atoms with E-state index in [2.05, 4.69) is 32.9 Å². The summed E-state index contributed by atoms with van der Waals surface area (Å²) in [5.74, 6) is -1.37. The van der Waals surface area contributed by atoms with E-state index >= 15 is 0 Å². The van der Waals surface area contributed by atoms with E-state index in [9.17, 15) is 14.4 Å². The number of allylic oxidation sites excluding steroid dienone is 1. The van der Waals surface area contributed by atoms with Gasteiger partial charge in [0.2, 0.25) is 0 Å². The van der Waals surface area contributed by atoms with Gasteiger partial charge in [-0.05, 0) is 68.4 Å². The molecule has 7 nitrogen and oxygen atoms in total. The van der Waals surface area contributed by atoms with E-state index in [4.69, 9.17) is 18.9 Å². The van der Waals surface area contributed by atoms with E-state index in [0.717, 1.165) is 16.7 Å². The fraction of sp³-hybridized carbons (Fsp3) is 0.242. The van der Waals surface area contributed by atoms with Crippen LogP contribution in [-0.2, 0) is 14.4 Å². The van der Waals surface area contributed by atoms with Crippen LogP contribution in [0.3, 0.4) is 0 Å². The van der Waals surface area contributed by atoms with Gasteiger partial charge in [0, 0.05) is 27.8 Å². The van der Waals surface area contributed by atoms with Gasteiger partial charge in [-0.25, -0.2) is 14.4 Å². The van der Waals surface area contributed by atoms with E-state index in [-0.39, 0.29) is 45.8 Å². The van der Waals surface area contributed by atoms with Crippen molar-refractivity contribution in [2.24, 2.45) is 0 Å². The van der Waals surface area contributed by atoms with Crippen LogP contribution in [0.4, 0.5) is 0 Å². The minimum atomic E-state index is -0.657. The Kier molecular flexibility index (Phi) is 8.68. The number of carbonyl (C=O) groups is 3. The van der Waals surface area contributed by atoms with Crippen molar-refractivity contribution in [2.45, 2.75) is 53.4 Å². The minimum Gasteiger partial charge on any atom is -0.453 e. The number of ether oxygens (including phenoxy) is 4. The van der Waals surface area contributed by atoms with Crippen LogP contribution in [0.15, 0.2) is 85.2 Å². The van der Waals surface area contributed by atoms with Crippen molar-refractivity contribution >= 4 is 17.9 Å². The zero-order chi connectivity index (χ0) is 30.0. The molecule has 2 unspecified atom stereocenters. The molecule has 0 radical (unpaired) electrons. The predicted molar refractivity (Wildman–Crippen MR) is 155 cm³/mol. The molecule has 0 fully saturated rings.